The van der Waals surface area contributed by atoms with Gasteiger partial charge in [0, 0.05) is 24.4 Å². The monoisotopic (exact) mass is 371 g/mol. The fourth-order valence-electron chi connectivity index (χ4n) is 4.49. The molecule has 0 bridgehead atoms. The van der Waals surface area contributed by atoms with Crippen LogP contribution in [0.15, 0.2) is 18.2 Å². The molecule has 0 saturated heterocycles. The molecule has 0 aliphatic heterocycles. The number of aliphatic hydroxyl groups excluding tert-OH is 1. The van der Waals surface area contributed by atoms with Gasteiger partial charge in [0.15, 0.2) is 0 Å². The fraction of sp³-hybridized carbons (Fsp3) is 0.611. The zero-order valence-corrected chi connectivity index (χ0v) is 15.2. The molecule has 1 aromatic carbocycles. The van der Waals surface area contributed by atoms with Gasteiger partial charge < -0.3 is 15.1 Å². The van der Waals surface area contributed by atoms with E-state index in [-0.39, 0.29) is 17.4 Å². The number of hydrogen-bond donors (Lipinski definition) is 2. The molecular formula is C18H23Cl2NO3. The van der Waals surface area contributed by atoms with Crippen LogP contribution in [0.2, 0.25) is 10.0 Å². The molecule has 3 atom stereocenters. The predicted octanol–water partition coefficient (Wildman–Crippen LogP) is 4.55. The van der Waals surface area contributed by atoms with E-state index in [0.29, 0.717) is 10.0 Å². The topological polar surface area (TPSA) is 60.8 Å². The van der Waals surface area contributed by atoms with Crippen LogP contribution in [0.5, 0.6) is 0 Å². The number of benzene rings is 1. The minimum Gasteiger partial charge on any atom is -0.465 e. The van der Waals surface area contributed by atoms with Crippen LogP contribution < -0.4 is 0 Å². The molecule has 2 unspecified atom stereocenters. The number of aliphatic hydroxyl groups is 1. The normalized spacial score (nSPS) is 26.7. The molecule has 3 rings (SSSR count). The number of amides is 1. The first-order valence-electron chi connectivity index (χ1n) is 8.46. The van der Waals surface area contributed by atoms with Crippen LogP contribution in [0.25, 0.3) is 0 Å². The average Bonchev–Trinajstić information content (AvgIpc) is 2.98. The van der Waals surface area contributed by atoms with Gasteiger partial charge in [-0.3, -0.25) is 0 Å². The van der Waals surface area contributed by atoms with Gasteiger partial charge in [0.25, 0.3) is 0 Å². The van der Waals surface area contributed by atoms with Crippen LogP contribution in [0, 0.1) is 5.92 Å². The van der Waals surface area contributed by atoms with E-state index in [2.05, 4.69) is 0 Å². The van der Waals surface area contributed by atoms with Crippen LogP contribution in [0.1, 0.15) is 44.1 Å². The zero-order chi connectivity index (χ0) is 17.5. The summed E-state index contributed by atoms with van der Waals surface area (Å²) in [5.74, 6) is -0.0409. The molecule has 24 heavy (non-hydrogen) atoms. The molecule has 2 fully saturated rings. The third kappa shape index (κ3) is 2.89. The van der Waals surface area contributed by atoms with Crippen LogP contribution >= 0.6 is 23.2 Å². The second-order valence-electron chi connectivity index (χ2n) is 7.14. The molecule has 6 heteroatoms. The molecule has 132 valence electrons. The zero-order valence-electron chi connectivity index (χ0n) is 13.7. The van der Waals surface area contributed by atoms with Crippen molar-refractivity contribution in [3.8, 4) is 0 Å². The van der Waals surface area contributed by atoms with Crippen LogP contribution in [0.4, 0.5) is 4.79 Å². The second-order valence-corrected chi connectivity index (χ2v) is 7.95. The molecule has 0 spiro atoms. The Hall–Kier alpha value is -0.970. The molecule has 2 aliphatic carbocycles. The number of rotatable bonds is 4. The smallest absolute Gasteiger partial charge is 0.407 e. The molecule has 1 amide bonds. The quantitative estimate of drug-likeness (QED) is 0.815. The van der Waals surface area contributed by atoms with Crippen LogP contribution in [-0.4, -0.2) is 40.4 Å². The second kappa shape index (κ2) is 6.74. The molecule has 0 aromatic heterocycles. The lowest BCUT2D eigenvalue weighted by Gasteiger charge is -2.49. The number of carboxylic acid groups (broad SMARTS) is 1. The maximum absolute atomic E-state index is 11.4. The largest absolute Gasteiger partial charge is 0.465 e. The Balaban J connectivity index is 1.89. The lowest BCUT2D eigenvalue weighted by atomic mass is 9.58. The van der Waals surface area contributed by atoms with Crippen molar-refractivity contribution in [3.63, 3.8) is 0 Å². The highest BCUT2D eigenvalue weighted by Crippen LogP contribution is 2.51. The molecule has 0 radical (unpaired) electrons. The van der Waals surface area contributed by atoms with Gasteiger partial charge in [-0.05, 0) is 43.4 Å². The SMILES string of the molecule is CN(C(=O)O)C1CCCC1[C@@H](O)C1(c2ccc(Cl)c(Cl)c2)CCC1. The van der Waals surface area contributed by atoms with Crippen molar-refractivity contribution in [3.05, 3.63) is 33.8 Å². The first kappa shape index (κ1) is 17.8. The van der Waals surface area contributed by atoms with Crippen molar-refractivity contribution >= 4 is 29.3 Å². The highest BCUT2D eigenvalue weighted by Gasteiger charge is 2.51. The summed E-state index contributed by atoms with van der Waals surface area (Å²) in [5, 5.41) is 21.6. The van der Waals surface area contributed by atoms with E-state index in [1.807, 2.05) is 12.1 Å². The molecule has 2 saturated carbocycles. The van der Waals surface area contributed by atoms with Gasteiger partial charge in [0.1, 0.15) is 0 Å². The van der Waals surface area contributed by atoms with Gasteiger partial charge in [-0.25, -0.2) is 4.79 Å². The Kier molecular flexibility index (Phi) is 5.01. The van der Waals surface area contributed by atoms with Crippen LogP contribution in [-0.2, 0) is 5.41 Å². The van der Waals surface area contributed by atoms with E-state index in [4.69, 9.17) is 23.2 Å². The summed E-state index contributed by atoms with van der Waals surface area (Å²) in [7, 11) is 1.60. The van der Waals surface area contributed by atoms with Gasteiger partial charge in [0.2, 0.25) is 0 Å². The molecule has 0 heterocycles. The van der Waals surface area contributed by atoms with Gasteiger partial charge in [-0.2, -0.15) is 0 Å². The van der Waals surface area contributed by atoms with Gasteiger partial charge in [-0.15, -0.1) is 0 Å². The van der Waals surface area contributed by atoms with Crippen LogP contribution in [0.3, 0.4) is 0 Å². The predicted molar refractivity (Wildman–Crippen MR) is 94.9 cm³/mol. The highest BCUT2D eigenvalue weighted by molar-refractivity contribution is 6.42. The van der Waals surface area contributed by atoms with E-state index in [1.165, 1.54) is 4.90 Å². The Labute approximate surface area is 152 Å². The van der Waals surface area contributed by atoms with Crippen molar-refractivity contribution in [2.45, 2.75) is 56.1 Å². The van der Waals surface area contributed by atoms with Crippen molar-refractivity contribution in [1.29, 1.82) is 0 Å². The molecular weight excluding hydrogens is 349 g/mol. The lowest BCUT2D eigenvalue weighted by Crippen LogP contribution is -2.53. The number of hydrogen-bond acceptors (Lipinski definition) is 2. The molecule has 2 N–H and O–H groups in total. The van der Waals surface area contributed by atoms with E-state index in [9.17, 15) is 15.0 Å². The van der Waals surface area contributed by atoms with E-state index in [0.717, 1.165) is 44.1 Å². The van der Waals surface area contributed by atoms with Gasteiger partial charge in [-0.1, -0.05) is 42.1 Å². The Morgan fingerprint density at radius 2 is 1.96 bits per heavy atom. The Morgan fingerprint density at radius 1 is 1.25 bits per heavy atom. The summed E-state index contributed by atoms with van der Waals surface area (Å²) in [6.07, 6.45) is 3.95. The average molecular weight is 372 g/mol. The Bertz CT molecular complexity index is 633. The highest BCUT2D eigenvalue weighted by atomic mass is 35.5. The van der Waals surface area contributed by atoms with Gasteiger partial charge >= 0.3 is 6.09 Å². The first-order chi connectivity index (χ1) is 11.4. The summed E-state index contributed by atoms with van der Waals surface area (Å²) in [6.45, 7) is 0. The minimum absolute atomic E-state index is 0.0409. The maximum Gasteiger partial charge on any atom is 0.407 e. The third-order valence-electron chi connectivity index (χ3n) is 6.04. The number of nitrogens with zero attached hydrogens (tertiary/aromatic N) is 1. The maximum atomic E-state index is 11.4. The third-order valence-corrected chi connectivity index (χ3v) is 6.78. The minimum atomic E-state index is -0.934. The summed E-state index contributed by atoms with van der Waals surface area (Å²) < 4.78 is 0. The summed E-state index contributed by atoms with van der Waals surface area (Å²) >= 11 is 12.2. The fourth-order valence-corrected chi connectivity index (χ4v) is 4.79. The number of carbonyl (C=O) groups is 1. The standard InChI is InChI=1S/C18H23Cl2NO3/c1-21(17(23)24)15-5-2-4-12(15)16(22)18(8-3-9-18)11-6-7-13(19)14(20)10-11/h6-7,10,12,15-16,22H,2-5,8-9H2,1H3,(H,23,24)/t12?,15?,16-/m1/s1. The Morgan fingerprint density at radius 3 is 2.50 bits per heavy atom. The van der Waals surface area contributed by atoms with Crippen molar-refractivity contribution in [2.75, 3.05) is 7.05 Å². The molecule has 1 aromatic rings. The summed E-state index contributed by atoms with van der Waals surface area (Å²) in [6, 6.07) is 5.46. The van der Waals surface area contributed by atoms with Crippen molar-refractivity contribution in [2.24, 2.45) is 5.92 Å². The van der Waals surface area contributed by atoms with E-state index < -0.39 is 12.2 Å². The van der Waals surface area contributed by atoms with Gasteiger partial charge in [0.05, 0.1) is 16.1 Å². The number of halogens is 2. The first-order valence-corrected chi connectivity index (χ1v) is 9.22. The van der Waals surface area contributed by atoms with E-state index in [1.54, 1.807) is 13.1 Å². The van der Waals surface area contributed by atoms with Crippen molar-refractivity contribution < 1.29 is 15.0 Å². The molecule has 2 aliphatic rings. The van der Waals surface area contributed by atoms with Crippen molar-refractivity contribution in [1.82, 2.24) is 4.90 Å². The van der Waals surface area contributed by atoms with E-state index >= 15 is 0 Å². The molecule has 4 nitrogen and oxygen atoms in total. The lowest BCUT2D eigenvalue weighted by molar-refractivity contribution is -0.0309. The summed E-state index contributed by atoms with van der Waals surface area (Å²) in [4.78, 5) is 12.7. The summed E-state index contributed by atoms with van der Waals surface area (Å²) in [5.41, 5.74) is 0.681.